The van der Waals surface area contributed by atoms with Crippen molar-refractivity contribution in [3.05, 3.63) is 69.0 Å². The van der Waals surface area contributed by atoms with Gasteiger partial charge in [0.25, 0.3) is 0 Å². The predicted molar refractivity (Wildman–Crippen MR) is 113 cm³/mol. The van der Waals surface area contributed by atoms with Gasteiger partial charge in [-0.15, -0.1) is 0 Å². The standard InChI is InChI=1S/C20H22ClFN4O2S/c1-3-4-19-24-25-20(29)26(19)23-11-13-5-8-17(18(9-13)27-2)28-12-14-6-7-15(22)10-16(14)21/h5-10,23H,3-4,11-12H2,1-2H3,(H,25,29). The number of ether oxygens (including phenoxy) is 2. The molecule has 1 heterocycles. The molecule has 0 aliphatic heterocycles. The van der Waals surface area contributed by atoms with Crippen LogP contribution >= 0.6 is 23.8 Å². The van der Waals surface area contributed by atoms with Crippen molar-refractivity contribution in [2.45, 2.75) is 32.9 Å². The van der Waals surface area contributed by atoms with E-state index in [1.807, 2.05) is 18.2 Å². The van der Waals surface area contributed by atoms with Crippen LogP contribution in [0.2, 0.25) is 5.02 Å². The molecule has 3 rings (SSSR count). The molecule has 0 saturated carbocycles. The lowest BCUT2D eigenvalue weighted by Crippen LogP contribution is -2.17. The summed E-state index contributed by atoms with van der Waals surface area (Å²) in [5.74, 6) is 1.64. The smallest absolute Gasteiger partial charge is 0.214 e. The Bertz CT molecular complexity index is 1040. The van der Waals surface area contributed by atoms with Crippen LogP contribution in [-0.2, 0) is 19.6 Å². The molecule has 1 aromatic heterocycles. The number of hydrogen-bond donors (Lipinski definition) is 2. The van der Waals surface area contributed by atoms with E-state index in [1.54, 1.807) is 17.9 Å². The van der Waals surface area contributed by atoms with Gasteiger partial charge in [0.05, 0.1) is 18.7 Å². The molecule has 2 aromatic carbocycles. The molecule has 9 heteroatoms. The maximum Gasteiger partial charge on any atom is 0.214 e. The van der Waals surface area contributed by atoms with Crippen LogP contribution in [0.1, 0.15) is 30.3 Å². The highest BCUT2D eigenvalue weighted by Crippen LogP contribution is 2.30. The molecule has 0 bridgehead atoms. The lowest BCUT2D eigenvalue weighted by molar-refractivity contribution is 0.284. The van der Waals surface area contributed by atoms with Gasteiger partial charge in [-0.2, -0.15) is 5.10 Å². The van der Waals surface area contributed by atoms with Crippen LogP contribution in [0.25, 0.3) is 0 Å². The summed E-state index contributed by atoms with van der Waals surface area (Å²) in [6, 6.07) is 9.86. The normalized spacial score (nSPS) is 10.8. The minimum atomic E-state index is -0.381. The Morgan fingerprint density at radius 1 is 1.24 bits per heavy atom. The van der Waals surface area contributed by atoms with Crippen LogP contribution in [0.4, 0.5) is 4.39 Å². The van der Waals surface area contributed by atoms with Gasteiger partial charge in [0.2, 0.25) is 4.77 Å². The van der Waals surface area contributed by atoms with Crippen molar-refractivity contribution in [3.63, 3.8) is 0 Å². The zero-order valence-electron chi connectivity index (χ0n) is 16.2. The van der Waals surface area contributed by atoms with Crippen LogP contribution in [-0.4, -0.2) is 22.0 Å². The van der Waals surface area contributed by atoms with Crippen molar-refractivity contribution < 1.29 is 13.9 Å². The highest BCUT2D eigenvalue weighted by atomic mass is 35.5. The predicted octanol–water partition coefficient (Wildman–Crippen LogP) is 5.02. The fraction of sp³-hybridized carbons (Fsp3) is 0.300. The van der Waals surface area contributed by atoms with Crippen LogP contribution in [0.15, 0.2) is 36.4 Å². The van der Waals surface area contributed by atoms with E-state index in [-0.39, 0.29) is 12.4 Å². The topological polar surface area (TPSA) is 64.1 Å². The molecule has 0 amide bonds. The maximum atomic E-state index is 13.2. The van der Waals surface area contributed by atoms with Gasteiger partial charge in [-0.25, -0.2) is 9.07 Å². The number of rotatable bonds is 9. The van der Waals surface area contributed by atoms with Gasteiger partial charge >= 0.3 is 0 Å². The number of aromatic nitrogens is 3. The zero-order chi connectivity index (χ0) is 20.8. The monoisotopic (exact) mass is 436 g/mol. The molecule has 0 aliphatic rings. The largest absolute Gasteiger partial charge is 0.493 e. The molecular weight excluding hydrogens is 415 g/mol. The summed E-state index contributed by atoms with van der Waals surface area (Å²) in [5.41, 5.74) is 4.95. The second-order valence-electron chi connectivity index (χ2n) is 6.37. The maximum absolute atomic E-state index is 13.2. The Morgan fingerprint density at radius 2 is 2.07 bits per heavy atom. The van der Waals surface area contributed by atoms with Gasteiger partial charge in [0.15, 0.2) is 17.3 Å². The van der Waals surface area contributed by atoms with Crippen LogP contribution in [0.3, 0.4) is 0 Å². The number of H-pyrrole nitrogens is 1. The van der Waals surface area contributed by atoms with Crippen LogP contribution < -0.4 is 14.9 Å². The summed E-state index contributed by atoms with van der Waals surface area (Å²) in [5, 5.41) is 7.36. The quantitative estimate of drug-likeness (QED) is 0.461. The van der Waals surface area contributed by atoms with Crippen molar-refractivity contribution in [1.29, 1.82) is 0 Å². The number of nitrogens with zero attached hydrogens (tertiary/aromatic N) is 2. The van der Waals surface area contributed by atoms with E-state index in [2.05, 4.69) is 22.5 Å². The number of methoxy groups -OCH3 is 1. The van der Waals surface area contributed by atoms with Crippen molar-refractivity contribution in [1.82, 2.24) is 14.9 Å². The summed E-state index contributed by atoms with van der Waals surface area (Å²) in [6.07, 6.45) is 1.79. The zero-order valence-corrected chi connectivity index (χ0v) is 17.7. The first-order valence-electron chi connectivity index (χ1n) is 9.15. The Kier molecular flexibility index (Phi) is 7.11. The SMILES string of the molecule is CCCc1n[nH]c(=S)n1NCc1ccc(OCc2ccc(F)cc2Cl)c(OC)c1. The summed E-state index contributed by atoms with van der Waals surface area (Å²) in [4.78, 5) is 0. The summed E-state index contributed by atoms with van der Waals surface area (Å²) < 4.78 is 26.8. The molecule has 0 spiro atoms. The summed E-state index contributed by atoms with van der Waals surface area (Å²) >= 11 is 11.3. The third kappa shape index (κ3) is 5.27. The van der Waals surface area contributed by atoms with Crippen molar-refractivity contribution in [3.8, 4) is 11.5 Å². The van der Waals surface area contributed by atoms with Gasteiger partial charge in [0.1, 0.15) is 12.4 Å². The van der Waals surface area contributed by atoms with E-state index in [1.165, 1.54) is 12.1 Å². The third-order valence-corrected chi connectivity index (χ3v) is 4.91. The van der Waals surface area contributed by atoms with Gasteiger partial charge in [0, 0.05) is 12.0 Å². The first-order valence-corrected chi connectivity index (χ1v) is 9.94. The molecule has 0 aliphatic carbocycles. The molecule has 29 heavy (non-hydrogen) atoms. The molecule has 0 unspecified atom stereocenters. The number of nitrogens with one attached hydrogen (secondary N) is 2. The van der Waals surface area contributed by atoms with E-state index in [4.69, 9.17) is 33.3 Å². The minimum Gasteiger partial charge on any atom is -0.493 e. The second-order valence-corrected chi connectivity index (χ2v) is 7.17. The number of aryl methyl sites for hydroxylation is 1. The molecule has 2 N–H and O–H groups in total. The Balaban J connectivity index is 1.68. The van der Waals surface area contributed by atoms with Gasteiger partial charge < -0.3 is 14.9 Å². The fourth-order valence-electron chi connectivity index (χ4n) is 2.79. The Hall–Kier alpha value is -2.58. The third-order valence-electron chi connectivity index (χ3n) is 4.28. The van der Waals surface area contributed by atoms with Crippen LogP contribution in [0, 0.1) is 10.6 Å². The van der Waals surface area contributed by atoms with Crippen LogP contribution in [0.5, 0.6) is 11.5 Å². The number of hydrogen-bond acceptors (Lipinski definition) is 5. The number of aromatic amines is 1. The van der Waals surface area contributed by atoms with E-state index in [0.717, 1.165) is 24.2 Å². The summed E-state index contributed by atoms with van der Waals surface area (Å²) in [7, 11) is 1.58. The van der Waals surface area contributed by atoms with Crippen molar-refractivity contribution in [2.75, 3.05) is 12.5 Å². The average Bonchev–Trinajstić information content (AvgIpc) is 3.05. The van der Waals surface area contributed by atoms with Crippen molar-refractivity contribution in [2.24, 2.45) is 0 Å². The van der Waals surface area contributed by atoms with Crippen molar-refractivity contribution >= 4 is 23.8 Å². The molecule has 154 valence electrons. The highest BCUT2D eigenvalue weighted by molar-refractivity contribution is 7.71. The number of benzene rings is 2. The molecule has 3 aromatic rings. The van der Waals surface area contributed by atoms with Gasteiger partial charge in [-0.05, 0) is 48.5 Å². The van der Waals surface area contributed by atoms with Gasteiger partial charge in [-0.3, -0.25) is 5.10 Å². The van der Waals surface area contributed by atoms with E-state index in [9.17, 15) is 4.39 Å². The second kappa shape index (κ2) is 9.76. The van der Waals surface area contributed by atoms with E-state index < -0.39 is 0 Å². The molecule has 0 saturated heterocycles. The average molecular weight is 437 g/mol. The van der Waals surface area contributed by atoms with E-state index in [0.29, 0.717) is 33.4 Å². The Labute approximate surface area is 178 Å². The lowest BCUT2D eigenvalue weighted by Gasteiger charge is -2.14. The molecule has 0 radical (unpaired) electrons. The van der Waals surface area contributed by atoms with Gasteiger partial charge in [-0.1, -0.05) is 30.7 Å². The first-order chi connectivity index (χ1) is 14.0. The molecule has 0 fully saturated rings. The Morgan fingerprint density at radius 3 is 2.79 bits per heavy atom. The fourth-order valence-corrected chi connectivity index (χ4v) is 3.23. The molecule has 0 atom stereocenters. The lowest BCUT2D eigenvalue weighted by atomic mass is 10.2. The van der Waals surface area contributed by atoms with E-state index >= 15 is 0 Å². The minimum absolute atomic E-state index is 0.206. The first kappa shape index (κ1) is 21.1. The summed E-state index contributed by atoms with van der Waals surface area (Å²) in [6.45, 7) is 2.83. The molecular formula is C20H22ClFN4O2S. The highest BCUT2D eigenvalue weighted by Gasteiger charge is 2.10. The molecule has 6 nitrogen and oxygen atoms in total. The number of halogens is 2.